The van der Waals surface area contributed by atoms with Crippen molar-refractivity contribution in [3.05, 3.63) is 36.4 Å². The highest BCUT2D eigenvalue weighted by Crippen LogP contribution is 2.36. The molecule has 1 saturated heterocycles. The number of nitrogens with zero attached hydrogens (tertiary/aromatic N) is 3. The summed E-state index contributed by atoms with van der Waals surface area (Å²) in [6.45, 7) is 2.85. The maximum Gasteiger partial charge on any atom is 0.317 e. The van der Waals surface area contributed by atoms with E-state index in [1.165, 1.54) is 11.3 Å². The zero-order valence-corrected chi connectivity index (χ0v) is 14.3. The molecule has 4 rings (SSSR count). The van der Waals surface area contributed by atoms with Gasteiger partial charge in [-0.05, 0) is 6.07 Å². The zero-order valence-electron chi connectivity index (χ0n) is 13.4. The second kappa shape index (κ2) is 6.66. The molecule has 2 amide bonds. The van der Waals surface area contributed by atoms with Gasteiger partial charge in [-0.3, -0.25) is 5.32 Å². The first kappa shape index (κ1) is 15.8. The summed E-state index contributed by atoms with van der Waals surface area (Å²) >= 11 is 1.42. The van der Waals surface area contributed by atoms with Crippen molar-refractivity contribution in [3.63, 3.8) is 0 Å². The molecule has 3 heterocycles. The van der Waals surface area contributed by atoms with E-state index in [9.17, 15) is 4.79 Å². The fourth-order valence-electron chi connectivity index (χ4n) is 2.80. The summed E-state index contributed by atoms with van der Waals surface area (Å²) in [5.41, 5.74) is 7.90. The van der Waals surface area contributed by atoms with Gasteiger partial charge in [0.1, 0.15) is 0 Å². The fraction of sp³-hybridized carbons (Fsp3) is 0.235. The Bertz CT molecular complexity index is 906. The first-order chi connectivity index (χ1) is 12.2. The molecule has 1 aliphatic rings. The largest absolute Gasteiger partial charge is 0.378 e. The van der Waals surface area contributed by atoms with Gasteiger partial charge in [-0.25, -0.2) is 14.8 Å². The minimum Gasteiger partial charge on any atom is -0.378 e. The molecule has 3 N–H and O–H groups in total. The number of fused-ring (bicyclic) bond motifs is 1. The minimum atomic E-state index is -0.589. The molecule has 0 unspecified atom stereocenters. The Morgan fingerprint density at radius 3 is 2.68 bits per heavy atom. The molecule has 0 atom stereocenters. The van der Waals surface area contributed by atoms with Crippen LogP contribution >= 0.6 is 11.3 Å². The molecule has 25 heavy (non-hydrogen) atoms. The van der Waals surface area contributed by atoms with Crippen LogP contribution in [0.15, 0.2) is 36.4 Å². The van der Waals surface area contributed by atoms with Crippen molar-refractivity contribution in [2.24, 2.45) is 5.73 Å². The van der Waals surface area contributed by atoms with E-state index in [1.54, 1.807) is 0 Å². The lowest BCUT2D eigenvalue weighted by molar-refractivity contribution is 0.122. The number of amides is 2. The van der Waals surface area contributed by atoms with E-state index >= 15 is 0 Å². The number of primary amides is 1. The number of ether oxygens (including phenoxy) is 1. The second-order valence-electron chi connectivity index (χ2n) is 5.65. The number of rotatable bonds is 3. The van der Waals surface area contributed by atoms with Crippen LogP contribution in [0.1, 0.15) is 0 Å². The third-order valence-electron chi connectivity index (χ3n) is 3.95. The maximum absolute atomic E-state index is 11.2. The van der Waals surface area contributed by atoms with Crippen molar-refractivity contribution < 1.29 is 9.53 Å². The number of urea groups is 1. The Morgan fingerprint density at radius 2 is 1.96 bits per heavy atom. The van der Waals surface area contributed by atoms with Gasteiger partial charge in [-0.15, -0.1) is 11.3 Å². The number of carbonyl (C=O) groups excluding carboxylic acids is 1. The first-order valence-corrected chi connectivity index (χ1v) is 8.78. The number of nitrogens with two attached hydrogens (primary N) is 1. The number of benzene rings is 1. The molecule has 0 radical (unpaired) electrons. The van der Waals surface area contributed by atoms with Crippen LogP contribution in [0.25, 0.3) is 21.5 Å². The maximum atomic E-state index is 11.2. The smallest absolute Gasteiger partial charge is 0.317 e. The van der Waals surface area contributed by atoms with Gasteiger partial charge in [-0.2, -0.15) is 0 Å². The standard InChI is InChI=1S/C17H17N5O2S/c18-16(23)20-13-10-12-15(25-13)14(11-4-2-1-3-5-11)21-17(19-12)22-6-8-24-9-7-22/h1-5,10H,6-9H2,(H3,18,20,23). The summed E-state index contributed by atoms with van der Waals surface area (Å²) in [5, 5.41) is 3.29. The topological polar surface area (TPSA) is 93.4 Å². The van der Waals surface area contributed by atoms with Crippen LogP contribution in [-0.2, 0) is 4.74 Å². The number of thiophene rings is 1. The molecule has 3 aromatic rings. The lowest BCUT2D eigenvalue weighted by Crippen LogP contribution is -2.37. The molecule has 7 nitrogen and oxygen atoms in total. The van der Waals surface area contributed by atoms with Gasteiger partial charge in [-0.1, -0.05) is 30.3 Å². The van der Waals surface area contributed by atoms with E-state index in [1.807, 2.05) is 36.4 Å². The molecule has 0 aliphatic carbocycles. The van der Waals surface area contributed by atoms with Gasteiger partial charge < -0.3 is 15.4 Å². The van der Waals surface area contributed by atoms with E-state index in [2.05, 4.69) is 10.2 Å². The monoisotopic (exact) mass is 355 g/mol. The number of nitrogens with one attached hydrogen (secondary N) is 1. The summed E-state index contributed by atoms with van der Waals surface area (Å²) in [7, 11) is 0. The third-order valence-corrected chi connectivity index (χ3v) is 4.99. The summed E-state index contributed by atoms with van der Waals surface area (Å²) in [5.74, 6) is 0.679. The van der Waals surface area contributed by atoms with Crippen LogP contribution < -0.4 is 16.0 Å². The van der Waals surface area contributed by atoms with E-state index in [-0.39, 0.29) is 0 Å². The van der Waals surface area contributed by atoms with Gasteiger partial charge in [0.25, 0.3) is 0 Å². The Hall–Kier alpha value is -2.71. The molecule has 1 aliphatic heterocycles. The molecule has 2 aromatic heterocycles. The number of anilines is 2. The highest BCUT2D eigenvalue weighted by atomic mass is 32.1. The van der Waals surface area contributed by atoms with E-state index < -0.39 is 6.03 Å². The average molecular weight is 355 g/mol. The normalized spacial score (nSPS) is 14.6. The van der Waals surface area contributed by atoms with Crippen molar-refractivity contribution >= 4 is 38.5 Å². The quantitative estimate of drug-likeness (QED) is 0.753. The minimum absolute atomic E-state index is 0.589. The lowest BCUT2D eigenvalue weighted by atomic mass is 10.1. The lowest BCUT2D eigenvalue weighted by Gasteiger charge is -2.27. The summed E-state index contributed by atoms with van der Waals surface area (Å²) < 4.78 is 6.34. The average Bonchev–Trinajstić information content (AvgIpc) is 3.04. The summed E-state index contributed by atoms with van der Waals surface area (Å²) in [4.78, 5) is 22.8. The summed E-state index contributed by atoms with van der Waals surface area (Å²) in [6, 6.07) is 11.2. The molecule has 0 bridgehead atoms. The number of morpholine rings is 1. The Labute approximate surface area is 148 Å². The molecule has 1 fully saturated rings. The number of hydrogen-bond donors (Lipinski definition) is 2. The predicted octanol–water partition coefficient (Wildman–Crippen LogP) is 2.69. The highest BCUT2D eigenvalue weighted by Gasteiger charge is 2.19. The zero-order chi connectivity index (χ0) is 17.2. The fourth-order valence-corrected chi connectivity index (χ4v) is 3.81. The molecule has 128 valence electrons. The summed E-state index contributed by atoms with van der Waals surface area (Å²) in [6.07, 6.45) is 0. The van der Waals surface area contributed by atoms with Crippen LogP contribution in [0, 0.1) is 0 Å². The Morgan fingerprint density at radius 1 is 1.20 bits per heavy atom. The van der Waals surface area contributed by atoms with Crippen molar-refractivity contribution in [2.45, 2.75) is 0 Å². The van der Waals surface area contributed by atoms with Gasteiger partial charge >= 0.3 is 6.03 Å². The van der Waals surface area contributed by atoms with Crippen LogP contribution in [0.3, 0.4) is 0 Å². The number of aromatic nitrogens is 2. The molecular formula is C17H17N5O2S. The third kappa shape index (κ3) is 3.26. The predicted molar refractivity (Wildman–Crippen MR) is 99.1 cm³/mol. The van der Waals surface area contributed by atoms with Crippen molar-refractivity contribution in [2.75, 3.05) is 36.5 Å². The number of carbonyl (C=O) groups is 1. The SMILES string of the molecule is NC(=O)Nc1cc2nc(N3CCOCC3)nc(-c3ccccc3)c2s1. The molecule has 8 heteroatoms. The van der Waals surface area contributed by atoms with Crippen LogP contribution in [0.4, 0.5) is 15.7 Å². The first-order valence-electron chi connectivity index (χ1n) is 7.97. The van der Waals surface area contributed by atoms with Crippen LogP contribution in [-0.4, -0.2) is 42.3 Å². The van der Waals surface area contributed by atoms with E-state index in [0.29, 0.717) is 24.2 Å². The number of hydrogen-bond acceptors (Lipinski definition) is 6. The molecule has 0 spiro atoms. The van der Waals surface area contributed by atoms with Gasteiger partial charge in [0.15, 0.2) is 0 Å². The van der Waals surface area contributed by atoms with Gasteiger partial charge in [0.05, 0.1) is 34.1 Å². The van der Waals surface area contributed by atoms with Crippen LogP contribution in [0.5, 0.6) is 0 Å². The van der Waals surface area contributed by atoms with E-state index in [0.717, 1.165) is 34.6 Å². The van der Waals surface area contributed by atoms with Crippen molar-refractivity contribution in [1.29, 1.82) is 0 Å². The van der Waals surface area contributed by atoms with Crippen molar-refractivity contribution in [3.8, 4) is 11.3 Å². The Balaban J connectivity index is 1.86. The molecular weight excluding hydrogens is 338 g/mol. The molecule has 0 saturated carbocycles. The van der Waals surface area contributed by atoms with E-state index in [4.69, 9.17) is 20.4 Å². The van der Waals surface area contributed by atoms with Crippen molar-refractivity contribution in [1.82, 2.24) is 9.97 Å². The Kier molecular flexibility index (Phi) is 4.21. The molecule has 1 aromatic carbocycles. The highest BCUT2D eigenvalue weighted by molar-refractivity contribution is 7.23. The van der Waals surface area contributed by atoms with Gasteiger partial charge in [0, 0.05) is 18.7 Å². The second-order valence-corrected chi connectivity index (χ2v) is 6.70. The van der Waals surface area contributed by atoms with Gasteiger partial charge in [0.2, 0.25) is 5.95 Å². The van der Waals surface area contributed by atoms with Crippen LogP contribution in [0.2, 0.25) is 0 Å².